The molecule has 9 rings (SSSR count). The number of aromatic amines is 1. The van der Waals surface area contributed by atoms with Gasteiger partial charge >= 0.3 is 0 Å². The Bertz CT molecular complexity index is 2210. The van der Waals surface area contributed by atoms with Gasteiger partial charge in [-0.25, -0.2) is 13.8 Å². The molecule has 53 heavy (non-hydrogen) atoms. The average molecular weight is 723 g/mol. The van der Waals surface area contributed by atoms with E-state index in [0.717, 1.165) is 65.2 Å². The summed E-state index contributed by atoms with van der Waals surface area (Å²) in [6, 6.07) is 11.6. The van der Waals surface area contributed by atoms with Gasteiger partial charge in [-0.3, -0.25) is 19.7 Å². The molecule has 2 N–H and O–H groups in total. The summed E-state index contributed by atoms with van der Waals surface area (Å²) < 4.78 is 29.9. The number of carbonyl (C=O) groups is 3. The molecule has 1 aromatic carbocycles. The number of hydrogen-bond acceptors (Lipinski definition) is 8. The molecular weight excluding hydrogens is 682 g/mol. The van der Waals surface area contributed by atoms with Crippen LogP contribution in [-0.2, 0) is 32.1 Å². The van der Waals surface area contributed by atoms with Gasteiger partial charge in [0.2, 0.25) is 17.7 Å². The number of hydrogen-bond donors (Lipinski definition) is 2. The first-order valence-corrected chi connectivity index (χ1v) is 18.2. The van der Waals surface area contributed by atoms with Gasteiger partial charge in [0.1, 0.15) is 17.8 Å². The highest BCUT2D eigenvalue weighted by Crippen LogP contribution is 2.70. The minimum absolute atomic E-state index is 0.0196. The minimum Gasteiger partial charge on any atom is -0.366 e. The van der Waals surface area contributed by atoms with Crippen LogP contribution in [0.3, 0.4) is 0 Å². The van der Waals surface area contributed by atoms with Crippen LogP contribution in [0.2, 0.25) is 0 Å². The second-order valence-corrected chi connectivity index (χ2v) is 15.2. The molecule has 274 valence electrons. The topological polar surface area (TPSA) is 129 Å². The van der Waals surface area contributed by atoms with Gasteiger partial charge in [0, 0.05) is 79.1 Å². The van der Waals surface area contributed by atoms with E-state index in [1.54, 1.807) is 48.2 Å². The van der Waals surface area contributed by atoms with Crippen molar-refractivity contribution in [2.24, 2.45) is 17.3 Å². The highest BCUT2D eigenvalue weighted by atomic mass is 19.3. The van der Waals surface area contributed by atoms with E-state index in [2.05, 4.69) is 20.2 Å². The Hall–Kier alpha value is -5.53. The molecule has 1 saturated carbocycles. The van der Waals surface area contributed by atoms with Gasteiger partial charge in [-0.15, -0.1) is 15.1 Å². The van der Waals surface area contributed by atoms with Crippen LogP contribution in [0.4, 0.5) is 20.3 Å². The normalized spacial score (nSPS) is 25.6. The largest absolute Gasteiger partial charge is 0.366 e. The zero-order valence-corrected chi connectivity index (χ0v) is 29.5. The van der Waals surface area contributed by atoms with Crippen molar-refractivity contribution in [1.82, 2.24) is 25.2 Å². The molecule has 0 spiro atoms. The van der Waals surface area contributed by atoms with Crippen molar-refractivity contribution in [3.05, 3.63) is 84.0 Å². The summed E-state index contributed by atoms with van der Waals surface area (Å²) in [4.78, 5) is 56.4. The molecule has 5 aliphatic rings. The van der Waals surface area contributed by atoms with Gasteiger partial charge in [0.25, 0.3) is 5.92 Å². The number of aromatic nitrogens is 4. The van der Waals surface area contributed by atoms with E-state index in [-0.39, 0.29) is 36.5 Å². The van der Waals surface area contributed by atoms with E-state index in [1.807, 2.05) is 36.4 Å². The number of pyridine rings is 1. The maximum absolute atomic E-state index is 14.9. The molecule has 2 unspecified atom stereocenters. The molecule has 4 atom stereocenters. The van der Waals surface area contributed by atoms with Crippen LogP contribution >= 0.6 is 0 Å². The lowest BCUT2D eigenvalue weighted by atomic mass is 9.87. The smallest absolute Gasteiger partial charge is 0.258 e. The van der Waals surface area contributed by atoms with Crippen LogP contribution < -0.4 is 20.3 Å². The van der Waals surface area contributed by atoms with Crippen LogP contribution in [0.25, 0.3) is 22.3 Å². The number of fused-ring (bicyclic) bond motifs is 3. The summed E-state index contributed by atoms with van der Waals surface area (Å²) in [5, 5.41) is 9.66. The van der Waals surface area contributed by atoms with Gasteiger partial charge < -0.3 is 19.6 Å². The first-order chi connectivity index (χ1) is 25.5. The molecular formula is C39H40F2N8O4. The molecule has 4 aromatic rings. The number of amides is 3. The fraction of sp³-hybridized carbons (Fsp3) is 0.410. The predicted octanol–water partition coefficient (Wildman–Crippen LogP) is 5.50. The quantitative estimate of drug-likeness (QED) is 0.229. The van der Waals surface area contributed by atoms with Gasteiger partial charge in [-0.1, -0.05) is 19.1 Å². The fourth-order valence-electron chi connectivity index (χ4n) is 8.64. The van der Waals surface area contributed by atoms with Crippen LogP contribution in [-0.4, -0.2) is 63.6 Å². The molecule has 0 radical (unpaired) electrons. The number of imide groups is 1. The number of H-pyrrole nitrogens is 1. The lowest BCUT2D eigenvalue weighted by Gasteiger charge is -2.24. The fourth-order valence-corrected chi connectivity index (χ4v) is 8.64. The van der Waals surface area contributed by atoms with Crippen LogP contribution in [0.1, 0.15) is 61.8 Å². The summed E-state index contributed by atoms with van der Waals surface area (Å²) in [6.45, 7) is 3.29. The predicted molar refractivity (Wildman–Crippen MR) is 193 cm³/mol. The number of halogens is 2. The number of benzene rings is 1. The Kier molecular flexibility index (Phi) is 7.72. The highest BCUT2D eigenvalue weighted by molar-refractivity contribution is 6.01. The Balaban J connectivity index is 0.857. The standard InChI is InChI=1S/C39H40F2N8O4/c1-38-20-31-28(19-32(38)39(38,40)41)36(45-49(31)48-14-3-4-16-53-48)30-17-24-6-8-26(18-29(24)43-30)46(2)35(51)12-5-23-13-15-47(22-23)33-10-7-25(21-42-33)27-9-11-34(50)44-37(27)52/h3-4,6-8,10,14,16-18,21,23,27,32,43H,5,9,11-13,15,19-20,22H2,1-2H3,(H,44,50,52)/t23?,27?,32-,38+/m0/s1. The van der Waals surface area contributed by atoms with Crippen molar-refractivity contribution >= 4 is 40.1 Å². The van der Waals surface area contributed by atoms with Crippen LogP contribution in [0.15, 0.2) is 67.2 Å². The van der Waals surface area contributed by atoms with Crippen molar-refractivity contribution in [2.75, 3.05) is 35.1 Å². The summed E-state index contributed by atoms with van der Waals surface area (Å²) in [7, 11) is 1.79. The van der Waals surface area contributed by atoms with Gasteiger partial charge in [-0.05, 0) is 73.6 Å². The number of rotatable bonds is 8. The van der Waals surface area contributed by atoms with Crippen molar-refractivity contribution in [3.63, 3.8) is 0 Å². The Morgan fingerprint density at radius 3 is 2.77 bits per heavy atom. The number of alkyl halides is 2. The van der Waals surface area contributed by atoms with Crippen molar-refractivity contribution in [2.45, 2.75) is 63.7 Å². The maximum Gasteiger partial charge on any atom is 0.258 e. The van der Waals surface area contributed by atoms with E-state index in [1.165, 1.54) is 11.4 Å². The Labute approximate surface area is 304 Å². The molecule has 12 nitrogen and oxygen atoms in total. The minimum atomic E-state index is -2.74. The number of hydroxylamine groups is 1. The van der Waals surface area contributed by atoms with Crippen molar-refractivity contribution in [1.29, 1.82) is 0 Å². The number of carbonyl (C=O) groups excluding carboxylic acids is 3. The zero-order chi connectivity index (χ0) is 36.6. The second-order valence-electron chi connectivity index (χ2n) is 15.2. The van der Waals surface area contributed by atoms with Crippen LogP contribution in [0.5, 0.6) is 0 Å². The summed E-state index contributed by atoms with van der Waals surface area (Å²) in [6.07, 6.45) is 11.8. The van der Waals surface area contributed by atoms with Gasteiger partial charge in [-0.2, -0.15) is 0 Å². The van der Waals surface area contributed by atoms with E-state index >= 15 is 0 Å². The Morgan fingerprint density at radius 1 is 1.13 bits per heavy atom. The first kappa shape index (κ1) is 33.3. The lowest BCUT2D eigenvalue weighted by Crippen LogP contribution is -2.39. The molecule has 2 aliphatic carbocycles. The molecule has 3 aliphatic heterocycles. The summed E-state index contributed by atoms with van der Waals surface area (Å²) >= 11 is 0. The van der Waals surface area contributed by atoms with Crippen molar-refractivity contribution in [3.8, 4) is 11.4 Å². The SMILES string of the molecule is CN(C(=O)CCC1CCN(c2ccc(C3CCC(=O)NC3=O)cn2)C1)c1ccc2cc(-c3nn(N4C=CC=CO4)c4c3C[C@@H]3C(F)(F)[C@]3(C)C4)[nH]c2c1. The number of nitrogens with one attached hydrogen (secondary N) is 2. The molecule has 2 saturated heterocycles. The summed E-state index contributed by atoms with van der Waals surface area (Å²) in [5.74, 6) is -3.12. The number of anilines is 2. The van der Waals surface area contributed by atoms with Crippen molar-refractivity contribution < 1.29 is 28.0 Å². The third kappa shape index (κ3) is 5.57. The lowest BCUT2D eigenvalue weighted by molar-refractivity contribution is -0.134. The second kappa shape index (κ2) is 12.3. The van der Waals surface area contributed by atoms with Gasteiger partial charge in [0.15, 0.2) is 0 Å². The molecule has 3 fully saturated rings. The molecule has 0 bridgehead atoms. The Morgan fingerprint density at radius 2 is 2.00 bits per heavy atom. The average Bonchev–Trinajstić information content (AvgIpc) is 3.74. The number of piperidine rings is 1. The maximum atomic E-state index is 14.9. The third-order valence-electron chi connectivity index (χ3n) is 12.1. The molecule has 14 heteroatoms. The summed E-state index contributed by atoms with van der Waals surface area (Å²) in [5.41, 5.74) is 4.12. The monoisotopic (exact) mass is 722 g/mol. The third-order valence-corrected chi connectivity index (χ3v) is 12.1. The first-order valence-electron chi connectivity index (χ1n) is 18.2. The zero-order valence-electron chi connectivity index (χ0n) is 29.5. The van der Waals surface area contributed by atoms with E-state index < -0.39 is 17.3 Å². The molecule has 6 heterocycles. The van der Waals surface area contributed by atoms with Crippen LogP contribution in [0, 0.1) is 17.3 Å². The van der Waals surface area contributed by atoms with E-state index in [4.69, 9.17) is 9.94 Å². The number of nitrogens with zero attached hydrogens (tertiary/aromatic N) is 6. The highest BCUT2D eigenvalue weighted by Gasteiger charge is 2.78. The van der Waals surface area contributed by atoms with E-state index in [9.17, 15) is 23.2 Å². The number of allylic oxidation sites excluding steroid dienone is 2. The molecule has 3 aromatic heterocycles. The molecule has 3 amide bonds. The van der Waals surface area contributed by atoms with E-state index in [0.29, 0.717) is 36.6 Å². The van der Waals surface area contributed by atoms with Gasteiger partial charge in [0.05, 0.1) is 23.5 Å².